The smallest absolute Gasteiger partial charge is 0.273 e. The van der Waals surface area contributed by atoms with Crippen LogP contribution in [0.2, 0.25) is 10.0 Å². The molecule has 0 aliphatic rings. The maximum atomic E-state index is 12.4. The number of nitrogens with two attached hydrogens (primary N) is 1. The van der Waals surface area contributed by atoms with Gasteiger partial charge in [-0.05, 0) is 48.6 Å². The van der Waals surface area contributed by atoms with E-state index in [9.17, 15) is 13.2 Å². The van der Waals surface area contributed by atoms with Crippen LogP contribution in [-0.2, 0) is 10.0 Å². The summed E-state index contributed by atoms with van der Waals surface area (Å²) in [6, 6.07) is 8.39. The summed E-state index contributed by atoms with van der Waals surface area (Å²) >= 11 is 16.9. The van der Waals surface area contributed by atoms with Crippen molar-refractivity contribution in [3.63, 3.8) is 0 Å². The van der Waals surface area contributed by atoms with Gasteiger partial charge in [-0.15, -0.1) is 0 Å². The Morgan fingerprint density at radius 2 is 1.85 bits per heavy atom. The van der Waals surface area contributed by atoms with Crippen LogP contribution in [0.4, 0.5) is 5.69 Å². The molecule has 0 heterocycles. The highest BCUT2D eigenvalue weighted by Gasteiger charge is 2.17. The average Bonchev–Trinajstić information content (AvgIpc) is 2.60. The molecule has 0 saturated heterocycles. The average molecular weight is 449 g/mol. The lowest BCUT2D eigenvalue weighted by molar-refractivity contribution is 0.0941. The fourth-order valence-corrected chi connectivity index (χ4v) is 3.12. The second-order valence-corrected chi connectivity index (χ2v) is 7.88. The van der Waals surface area contributed by atoms with Gasteiger partial charge >= 0.3 is 0 Å². The molecule has 2 aromatic carbocycles. The SMILES string of the molecule is COc1ccc(S(N)(=O)=O)cc1C(=O)NNC(=S)Nc1ccc(Cl)cc1Cl. The number of nitrogens with one attached hydrogen (secondary N) is 3. The Morgan fingerprint density at radius 1 is 1.15 bits per heavy atom. The van der Waals surface area contributed by atoms with Crippen LogP contribution in [0.5, 0.6) is 5.75 Å². The van der Waals surface area contributed by atoms with Crippen molar-refractivity contribution in [3.8, 4) is 5.75 Å². The summed E-state index contributed by atoms with van der Waals surface area (Å²) in [7, 11) is -2.65. The molecular weight excluding hydrogens is 435 g/mol. The molecular formula is C15H14Cl2N4O4S2. The van der Waals surface area contributed by atoms with E-state index in [4.69, 9.17) is 45.3 Å². The molecule has 1 amide bonds. The number of hydrogen-bond acceptors (Lipinski definition) is 5. The Balaban J connectivity index is 2.09. The first-order chi connectivity index (χ1) is 12.6. The van der Waals surface area contributed by atoms with Crippen molar-refractivity contribution in [2.45, 2.75) is 4.90 Å². The van der Waals surface area contributed by atoms with E-state index in [0.717, 1.165) is 6.07 Å². The van der Waals surface area contributed by atoms with E-state index in [2.05, 4.69) is 16.2 Å². The largest absolute Gasteiger partial charge is 0.496 e. The summed E-state index contributed by atoms with van der Waals surface area (Å²) in [5.41, 5.74) is 5.22. The molecule has 0 atom stereocenters. The second-order valence-electron chi connectivity index (χ2n) is 5.06. The monoisotopic (exact) mass is 448 g/mol. The van der Waals surface area contributed by atoms with Crippen LogP contribution in [0.3, 0.4) is 0 Å². The quantitative estimate of drug-likeness (QED) is 0.417. The van der Waals surface area contributed by atoms with Crippen molar-refractivity contribution >= 4 is 62.2 Å². The molecule has 12 heteroatoms. The van der Waals surface area contributed by atoms with Gasteiger partial charge in [0.2, 0.25) is 10.0 Å². The van der Waals surface area contributed by atoms with Crippen LogP contribution in [-0.4, -0.2) is 26.5 Å². The number of hydrogen-bond donors (Lipinski definition) is 4. The van der Waals surface area contributed by atoms with Crippen molar-refractivity contribution in [1.82, 2.24) is 10.9 Å². The van der Waals surface area contributed by atoms with Crippen molar-refractivity contribution in [1.29, 1.82) is 0 Å². The van der Waals surface area contributed by atoms with Crippen molar-refractivity contribution in [3.05, 3.63) is 52.0 Å². The van der Waals surface area contributed by atoms with Crippen molar-refractivity contribution < 1.29 is 17.9 Å². The number of anilines is 1. The van der Waals surface area contributed by atoms with E-state index in [0.29, 0.717) is 15.7 Å². The number of primary sulfonamides is 1. The van der Waals surface area contributed by atoms with Gasteiger partial charge in [-0.25, -0.2) is 13.6 Å². The lowest BCUT2D eigenvalue weighted by atomic mass is 10.2. The van der Waals surface area contributed by atoms with Gasteiger partial charge in [-0.3, -0.25) is 15.6 Å². The zero-order chi connectivity index (χ0) is 20.2. The molecule has 0 unspecified atom stereocenters. The zero-order valence-corrected chi connectivity index (χ0v) is 16.9. The van der Waals surface area contributed by atoms with Gasteiger partial charge in [0.25, 0.3) is 5.91 Å². The van der Waals surface area contributed by atoms with Gasteiger partial charge in [-0.1, -0.05) is 23.2 Å². The standard InChI is InChI=1S/C15H14Cl2N4O4S2/c1-25-13-5-3-9(27(18,23)24)7-10(13)14(22)20-21-15(26)19-12-4-2-8(16)6-11(12)17/h2-7H,1H3,(H,20,22)(H2,18,23,24)(H2,19,21,26). The summed E-state index contributed by atoms with van der Waals surface area (Å²) in [6.45, 7) is 0. The minimum Gasteiger partial charge on any atom is -0.496 e. The van der Waals surface area contributed by atoms with Crippen molar-refractivity contribution in [2.75, 3.05) is 12.4 Å². The number of hydrazine groups is 1. The third kappa shape index (κ3) is 5.68. The molecule has 27 heavy (non-hydrogen) atoms. The summed E-state index contributed by atoms with van der Waals surface area (Å²) in [6.07, 6.45) is 0. The first-order valence-electron chi connectivity index (χ1n) is 7.15. The van der Waals surface area contributed by atoms with Gasteiger partial charge in [0, 0.05) is 5.02 Å². The maximum Gasteiger partial charge on any atom is 0.273 e. The summed E-state index contributed by atoms with van der Waals surface area (Å²) < 4.78 is 28.0. The van der Waals surface area contributed by atoms with Crippen molar-refractivity contribution in [2.24, 2.45) is 5.14 Å². The third-order valence-corrected chi connectivity index (χ3v) is 4.88. The summed E-state index contributed by atoms with van der Waals surface area (Å²) in [4.78, 5) is 12.1. The first kappa shape index (κ1) is 21.2. The number of ether oxygens (including phenoxy) is 1. The molecule has 5 N–H and O–H groups in total. The number of methoxy groups -OCH3 is 1. The number of rotatable bonds is 4. The molecule has 0 bridgehead atoms. The number of benzene rings is 2. The highest BCUT2D eigenvalue weighted by atomic mass is 35.5. The van der Waals surface area contributed by atoms with Crippen LogP contribution < -0.4 is 26.0 Å². The molecule has 144 valence electrons. The van der Waals surface area contributed by atoms with Gasteiger partial charge in [0.1, 0.15) is 5.75 Å². The number of carbonyl (C=O) groups excluding carboxylic acids is 1. The fourth-order valence-electron chi connectivity index (χ4n) is 1.97. The minimum absolute atomic E-state index is 0.0362. The van der Waals surface area contributed by atoms with Gasteiger partial charge in [-0.2, -0.15) is 0 Å². The fraction of sp³-hybridized carbons (Fsp3) is 0.0667. The molecule has 0 aliphatic carbocycles. The predicted octanol–water partition coefficient (Wildman–Crippen LogP) is 2.28. The van der Waals surface area contributed by atoms with Crippen LogP contribution in [0.15, 0.2) is 41.3 Å². The molecule has 0 fully saturated rings. The number of sulfonamides is 1. The zero-order valence-electron chi connectivity index (χ0n) is 13.7. The number of carbonyl (C=O) groups is 1. The van der Waals surface area contributed by atoms with Crippen LogP contribution in [0.25, 0.3) is 0 Å². The number of thiocarbonyl (C=S) groups is 1. The number of halogens is 2. The minimum atomic E-state index is -3.98. The Bertz CT molecular complexity index is 999. The van der Waals surface area contributed by atoms with E-state index in [-0.39, 0.29) is 21.3 Å². The number of amides is 1. The Hall–Kier alpha value is -2.11. The lowest BCUT2D eigenvalue weighted by Gasteiger charge is -2.14. The Morgan fingerprint density at radius 3 is 2.44 bits per heavy atom. The van der Waals surface area contributed by atoms with E-state index in [1.807, 2.05) is 0 Å². The van der Waals surface area contributed by atoms with E-state index < -0.39 is 15.9 Å². The Kier molecular flexibility index (Phi) is 6.84. The molecule has 0 spiro atoms. The first-order valence-corrected chi connectivity index (χ1v) is 9.86. The molecule has 0 aromatic heterocycles. The molecule has 0 saturated carbocycles. The summed E-state index contributed by atoms with van der Waals surface area (Å²) in [5.74, 6) is -0.537. The lowest BCUT2D eigenvalue weighted by Crippen LogP contribution is -2.43. The molecule has 2 aromatic rings. The Labute approximate surface area is 171 Å². The third-order valence-electron chi connectivity index (χ3n) is 3.21. The predicted molar refractivity (Wildman–Crippen MR) is 108 cm³/mol. The van der Waals surface area contributed by atoms with Crippen LogP contribution in [0.1, 0.15) is 10.4 Å². The second kappa shape index (κ2) is 8.72. The van der Waals surface area contributed by atoms with E-state index >= 15 is 0 Å². The van der Waals surface area contributed by atoms with Gasteiger partial charge in [0.15, 0.2) is 5.11 Å². The highest BCUT2D eigenvalue weighted by molar-refractivity contribution is 7.89. The molecule has 0 radical (unpaired) electrons. The van der Waals surface area contributed by atoms with Crippen LogP contribution in [0, 0.1) is 0 Å². The molecule has 2 rings (SSSR count). The molecule has 8 nitrogen and oxygen atoms in total. The molecule has 0 aliphatic heterocycles. The van der Waals surface area contributed by atoms with E-state index in [1.165, 1.54) is 25.3 Å². The maximum absolute atomic E-state index is 12.4. The van der Waals surface area contributed by atoms with Crippen LogP contribution >= 0.6 is 35.4 Å². The topological polar surface area (TPSA) is 123 Å². The van der Waals surface area contributed by atoms with E-state index in [1.54, 1.807) is 12.1 Å². The van der Waals surface area contributed by atoms with Gasteiger partial charge < -0.3 is 10.1 Å². The summed E-state index contributed by atoms with van der Waals surface area (Å²) in [5, 5.41) is 8.69. The highest BCUT2D eigenvalue weighted by Crippen LogP contribution is 2.25. The van der Waals surface area contributed by atoms with Gasteiger partial charge in [0.05, 0.1) is 28.3 Å². The normalized spacial score (nSPS) is 10.8.